The molecule has 2 aliphatic heterocycles. The summed E-state index contributed by atoms with van der Waals surface area (Å²) >= 11 is 1.50. The highest BCUT2D eigenvalue weighted by molar-refractivity contribution is 7.09. The number of hydrogen-bond donors (Lipinski definition) is 1. The number of carbonyl (C=O) groups excluding carboxylic acids is 1. The Balaban J connectivity index is 1.36. The van der Waals surface area contributed by atoms with Crippen molar-refractivity contribution < 1.29 is 9.53 Å². The molecule has 0 radical (unpaired) electrons. The third-order valence-corrected chi connectivity index (χ3v) is 6.00. The van der Waals surface area contributed by atoms with Gasteiger partial charge in [-0.3, -0.25) is 14.4 Å². The molecule has 0 bridgehead atoms. The Hall–Kier alpha value is -1.77. The van der Waals surface area contributed by atoms with Crippen LogP contribution in [0.5, 0.6) is 0 Å². The Morgan fingerprint density at radius 3 is 3.04 bits per heavy atom. The van der Waals surface area contributed by atoms with Gasteiger partial charge in [0.15, 0.2) is 0 Å². The molecule has 26 heavy (non-hydrogen) atoms. The number of nitrogens with zero attached hydrogens (tertiary/aromatic N) is 4. The Kier molecular flexibility index (Phi) is 5.33. The van der Waals surface area contributed by atoms with Crippen molar-refractivity contribution in [1.29, 1.82) is 0 Å². The van der Waals surface area contributed by atoms with Crippen LogP contribution in [0.3, 0.4) is 0 Å². The summed E-state index contributed by atoms with van der Waals surface area (Å²) in [6.07, 6.45) is 4.94. The second-order valence-electron chi connectivity index (χ2n) is 6.99. The first-order valence-corrected chi connectivity index (χ1v) is 10.1. The molecular weight excluding hydrogens is 350 g/mol. The zero-order valence-corrected chi connectivity index (χ0v) is 15.9. The van der Waals surface area contributed by atoms with Gasteiger partial charge in [0, 0.05) is 50.5 Å². The molecule has 0 spiro atoms. The Morgan fingerprint density at radius 2 is 2.27 bits per heavy atom. The number of nitrogens with one attached hydrogen (secondary N) is 1. The van der Waals surface area contributed by atoms with Crippen LogP contribution in [0.2, 0.25) is 0 Å². The summed E-state index contributed by atoms with van der Waals surface area (Å²) in [5.41, 5.74) is 1.77. The fourth-order valence-corrected chi connectivity index (χ4v) is 4.46. The van der Waals surface area contributed by atoms with Gasteiger partial charge in [-0.25, -0.2) is 4.98 Å². The van der Waals surface area contributed by atoms with Crippen LogP contribution < -0.4 is 5.32 Å². The normalized spacial score (nSPS) is 21.5. The molecule has 2 aromatic heterocycles. The zero-order valence-electron chi connectivity index (χ0n) is 15.1. The summed E-state index contributed by atoms with van der Waals surface area (Å²) in [7, 11) is 0. The Labute approximate surface area is 157 Å². The maximum atomic E-state index is 12.2. The van der Waals surface area contributed by atoms with Gasteiger partial charge in [-0.05, 0) is 32.3 Å². The predicted molar refractivity (Wildman–Crippen MR) is 99.3 cm³/mol. The van der Waals surface area contributed by atoms with Crippen molar-refractivity contribution in [2.45, 2.75) is 44.8 Å². The number of carbonyl (C=O) groups is 1. The molecule has 0 saturated carbocycles. The van der Waals surface area contributed by atoms with Crippen LogP contribution in [0, 0.1) is 6.92 Å². The van der Waals surface area contributed by atoms with Gasteiger partial charge in [-0.2, -0.15) is 5.10 Å². The van der Waals surface area contributed by atoms with E-state index >= 15 is 0 Å². The number of fused-ring (bicyclic) bond motifs is 1. The minimum absolute atomic E-state index is 0.0906. The highest BCUT2D eigenvalue weighted by Gasteiger charge is 2.30. The number of aromatic nitrogens is 3. The molecule has 1 amide bonds. The molecule has 2 aliphatic rings. The van der Waals surface area contributed by atoms with Crippen LogP contribution in [0.15, 0.2) is 17.6 Å². The summed E-state index contributed by atoms with van der Waals surface area (Å²) in [5, 5.41) is 10.2. The van der Waals surface area contributed by atoms with Gasteiger partial charge >= 0.3 is 0 Å². The first-order valence-electron chi connectivity index (χ1n) is 9.25. The maximum absolute atomic E-state index is 12.2. The average molecular weight is 375 g/mol. The lowest BCUT2D eigenvalue weighted by molar-refractivity contribution is 0.0158. The molecule has 7 nitrogen and oxygen atoms in total. The molecule has 8 heteroatoms. The Bertz CT molecular complexity index is 752. The quantitative estimate of drug-likeness (QED) is 0.865. The lowest BCUT2D eigenvalue weighted by Gasteiger charge is -2.40. The third-order valence-electron chi connectivity index (χ3n) is 5.23. The van der Waals surface area contributed by atoms with E-state index in [0.29, 0.717) is 18.3 Å². The molecule has 1 N–H and O–H groups in total. The lowest BCUT2D eigenvalue weighted by atomic mass is 10.0. The molecule has 1 saturated heterocycles. The standard InChI is InChI=1S/C18H25N5O2S/c1-13-21-17(12-26-13)18(24)19-6-2-15-10-22(14-4-8-25-9-5-14)11-16-3-7-20-23(15)16/h3,7,12,14-15H,2,4-6,8-11H2,1H3,(H,19,24). The topological polar surface area (TPSA) is 72.3 Å². The van der Waals surface area contributed by atoms with E-state index in [9.17, 15) is 4.79 Å². The van der Waals surface area contributed by atoms with Gasteiger partial charge in [-0.15, -0.1) is 11.3 Å². The summed E-state index contributed by atoms with van der Waals surface area (Å²) in [6, 6.07) is 2.98. The predicted octanol–water partition coefficient (Wildman–Crippen LogP) is 2.00. The summed E-state index contributed by atoms with van der Waals surface area (Å²) < 4.78 is 7.64. The van der Waals surface area contributed by atoms with Crippen molar-refractivity contribution in [2.24, 2.45) is 0 Å². The van der Waals surface area contributed by atoms with Crippen LogP contribution in [0.25, 0.3) is 0 Å². The second kappa shape index (κ2) is 7.85. The molecule has 2 aromatic rings. The van der Waals surface area contributed by atoms with Crippen LogP contribution in [0.1, 0.15) is 46.5 Å². The van der Waals surface area contributed by atoms with Crippen molar-refractivity contribution in [1.82, 2.24) is 25.0 Å². The highest BCUT2D eigenvalue weighted by Crippen LogP contribution is 2.27. The number of rotatable bonds is 5. The molecular formula is C18H25N5O2S. The first-order chi connectivity index (χ1) is 12.7. The monoisotopic (exact) mass is 375 g/mol. The van der Waals surface area contributed by atoms with Crippen molar-refractivity contribution in [3.63, 3.8) is 0 Å². The summed E-state index contributed by atoms with van der Waals surface area (Å²) in [5.74, 6) is -0.0906. The van der Waals surface area contributed by atoms with Crippen molar-refractivity contribution >= 4 is 17.2 Å². The van der Waals surface area contributed by atoms with Gasteiger partial charge in [0.05, 0.1) is 16.7 Å². The van der Waals surface area contributed by atoms with E-state index in [1.807, 2.05) is 18.5 Å². The number of ether oxygens (including phenoxy) is 1. The van der Waals surface area contributed by atoms with E-state index < -0.39 is 0 Å². The van der Waals surface area contributed by atoms with Gasteiger partial charge in [0.25, 0.3) is 5.91 Å². The highest BCUT2D eigenvalue weighted by atomic mass is 32.1. The molecule has 1 atom stereocenters. The van der Waals surface area contributed by atoms with E-state index in [1.54, 1.807) is 0 Å². The smallest absolute Gasteiger partial charge is 0.270 e. The number of hydrogen-bond acceptors (Lipinski definition) is 6. The van der Waals surface area contributed by atoms with E-state index in [1.165, 1.54) is 17.0 Å². The van der Waals surface area contributed by atoms with E-state index in [4.69, 9.17) is 4.74 Å². The molecule has 0 aliphatic carbocycles. The SMILES string of the molecule is Cc1nc(C(=O)NCCC2CN(C3CCOCC3)Cc3ccnn32)cs1. The van der Waals surface area contributed by atoms with Crippen molar-refractivity contribution in [3.8, 4) is 0 Å². The second-order valence-corrected chi connectivity index (χ2v) is 8.05. The number of aryl methyl sites for hydroxylation is 1. The minimum Gasteiger partial charge on any atom is -0.381 e. The van der Waals surface area contributed by atoms with E-state index in [2.05, 4.69) is 31.0 Å². The van der Waals surface area contributed by atoms with Crippen molar-refractivity contribution in [2.75, 3.05) is 26.3 Å². The lowest BCUT2D eigenvalue weighted by Crippen LogP contribution is -2.46. The maximum Gasteiger partial charge on any atom is 0.270 e. The van der Waals surface area contributed by atoms with Crippen LogP contribution >= 0.6 is 11.3 Å². The van der Waals surface area contributed by atoms with E-state index in [0.717, 1.165) is 50.6 Å². The first kappa shape index (κ1) is 17.6. The number of amides is 1. The summed E-state index contributed by atoms with van der Waals surface area (Å²) in [4.78, 5) is 19.0. The molecule has 140 valence electrons. The minimum atomic E-state index is -0.0906. The van der Waals surface area contributed by atoms with Crippen LogP contribution in [0.4, 0.5) is 0 Å². The zero-order chi connectivity index (χ0) is 17.9. The van der Waals surface area contributed by atoms with Gasteiger partial charge in [0.1, 0.15) is 5.69 Å². The van der Waals surface area contributed by atoms with Gasteiger partial charge in [0.2, 0.25) is 0 Å². The van der Waals surface area contributed by atoms with Crippen molar-refractivity contribution in [3.05, 3.63) is 34.0 Å². The third kappa shape index (κ3) is 3.82. The van der Waals surface area contributed by atoms with Gasteiger partial charge < -0.3 is 10.1 Å². The molecule has 4 heterocycles. The molecule has 4 rings (SSSR count). The van der Waals surface area contributed by atoms with Gasteiger partial charge in [-0.1, -0.05) is 0 Å². The molecule has 1 fully saturated rings. The van der Waals surface area contributed by atoms with Crippen LogP contribution in [-0.4, -0.2) is 57.9 Å². The average Bonchev–Trinajstić information content (AvgIpc) is 3.31. The largest absolute Gasteiger partial charge is 0.381 e. The molecule has 0 aromatic carbocycles. The fraction of sp³-hybridized carbons (Fsp3) is 0.611. The fourth-order valence-electron chi connectivity index (χ4n) is 3.87. The number of thiazole rings is 1. The van der Waals surface area contributed by atoms with Crippen LogP contribution in [-0.2, 0) is 11.3 Å². The summed E-state index contributed by atoms with van der Waals surface area (Å²) in [6.45, 7) is 6.17. The Morgan fingerprint density at radius 1 is 1.42 bits per heavy atom. The van der Waals surface area contributed by atoms with E-state index in [-0.39, 0.29) is 11.9 Å². The molecule has 1 unspecified atom stereocenters.